The van der Waals surface area contributed by atoms with Crippen LogP contribution in [-0.2, 0) is 28.9 Å². The number of methoxy groups -OCH3 is 1. The van der Waals surface area contributed by atoms with E-state index >= 15 is 0 Å². The topological polar surface area (TPSA) is 138 Å². The quantitative estimate of drug-likeness (QED) is 0.0714. The van der Waals surface area contributed by atoms with Crippen molar-refractivity contribution in [3.05, 3.63) is 141 Å². The number of carbonyl (C=O) groups is 1. The van der Waals surface area contributed by atoms with Crippen molar-refractivity contribution < 1.29 is 24.1 Å². The van der Waals surface area contributed by atoms with E-state index < -0.39 is 11.6 Å². The van der Waals surface area contributed by atoms with Gasteiger partial charge in [-0.15, -0.1) is 0 Å². The van der Waals surface area contributed by atoms with Gasteiger partial charge < -0.3 is 24.6 Å². The second-order valence-corrected chi connectivity index (χ2v) is 10.9. The second-order valence-electron chi connectivity index (χ2n) is 10.9. The van der Waals surface area contributed by atoms with E-state index in [4.69, 9.17) is 29.8 Å². The molecule has 236 valence electrons. The number of ether oxygens (including phenoxy) is 3. The van der Waals surface area contributed by atoms with Crippen LogP contribution in [0, 0.1) is 0 Å². The normalized spacial score (nSPS) is 16.9. The van der Waals surface area contributed by atoms with Gasteiger partial charge in [-0.25, -0.2) is 4.99 Å². The summed E-state index contributed by atoms with van der Waals surface area (Å²) in [6.07, 6.45) is 0.565. The second kappa shape index (κ2) is 15.6. The van der Waals surface area contributed by atoms with E-state index in [1.807, 2.05) is 103 Å². The van der Waals surface area contributed by atoms with Crippen molar-refractivity contribution in [3.63, 3.8) is 0 Å². The number of aliphatic hydroxyl groups is 1. The van der Waals surface area contributed by atoms with E-state index in [2.05, 4.69) is 15.3 Å². The number of aliphatic hydroxyl groups excluding tert-OH is 1. The number of benzene rings is 4. The fourth-order valence-electron chi connectivity index (χ4n) is 5.49. The summed E-state index contributed by atoms with van der Waals surface area (Å²) in [6.45, 7) is 0.987. The molecule has 0 saturated heterocycles. The third-order valence-corrected chi connectivity index (χ3v) is 7.85. The Balaban J connectivity index is 1.57. The molecule has 4 aromatic rings. The minimum Gasteiger partial charge on any atom is -0.497 e. The van der Waals surface area contributed by atoms with Gasteiger partial charge in [0.15, 0.2) is 11.6 Å². The van der Waals surface area contributed by atoms with Gasteiger partial charge in [-0.05, 0) is 70.6 Å². The van der Waals surface area contributed by atoms with Crippen LogP contribution >= 0.6 is 0 Å². The number of aliphatic imine (C=N–C) groups is 1. The molecule has 0 unspecified atom stereocenters. The van der Waals surface area contributed by atoms with E-state index in [9.17, 15) is 4.79 Å². The Bertz CT molecular complexity index is 1690. The number of rotatable bonds is 15. The number of nitrogens with zero attached hydrogens (tertiary/aromatic N) is 4. The lowest BCUT2D eigenvalue weighted by Crippen LogP contribution is -2.50. The van der Waals surface area contributed by atoms with Crippen LogP contribution in [0.15, 0.2) is 113 Å². The summed E-state index contributed by atoms with van der Waals surface area (Å²) in [5, 5.41) is 16.0. The van der Waals surface area contributed by atoms with Gasteiger partial charge >= 0.3 is 0 Å². The lowest BCUT2D eigenvalue weighted by molar-refractivity contribution is -0.128. The molecule has 0 aromatic heterocycles. The van der Waals surface area contributed by atoms with Gasteiger partial charge in [-0.3, -0.25) is 4.79 Å². The summed E-state index contributed by atoms with van der Waals surface area (Å²) in [6, 6.07) is 32.3. The van der Waals surface area contributed by atoms with Crippen LogP contribution in [0.1, 0.15) is 40.3 Å². The first-order valence-electron chi connectivity index (χ1n) is 15.2. The van der Waals surface area contributed by atoms with Crippen LogP contribution in [0.2, 0.25) is 0 Å². The van der Waals surface area contributed by atoms with E-state index in [1.165, 1.54) is 0 Å². The van der Waals surface area contributed by atoms with Crippen molar-refractivity contribution in [2.24, 2.45) is 10.1 Å². The Morgan fingerprint density at radius 1 is 1.00 bits per heavy atom. The highest BCUT2D eigenvalue weighted by Crippen LogP contribution is 2.43. The molecule has 1 heterocycles. The van der Waals surface area contributed by atoms with E-state index in [1.54, 1.807) is 7.11 Å². The van der Waals surface area contributed by atoms with Gasteiger partial charge in [0.2, 0.25) is 5.90 Å². The first kappa shape index (κ1) is 32.1. The van der Waals surface area contributed by atoms with E-state index in [0.717, 1.165) is 22.3 Å². The highest BCUT2D eigenvalue weighted by atomic mass is 16.5. The van der Waals surface area contributed by atoms with Crippen LogP contribution < -0.4 is 14.8 Å². The molecule has 10 nitrogen and oxygen atoms in total. The third kappa shape index (κ3) is 7.66. The maximum atomic E-state index is 14.6. The fourth-order valence-corrected chi connectivity index (χ4v) is 5.49. The molecule has 0 aliphatic carbocycles. The van der Waals surface area contributed by atoms with Crippen LogP contribution in [0.4, 0.5) is 0 Å². The number of hydrogen-bond acceptors (Lipinski definition) is 7. The fraction of sp³-hybridized carbons (Fsp3) is 0.278. The van der Waals surface area contributed by atoms with Gasteiger partial charge in [-0.2, -0.15) is 0 Å². The predicted octanol–water partition coefficient (Wildman–Crippen LogP) is 6.13. The molecule has 1 aliphatic heterocycles. The third-order valence-electron chi connectivity index (χ3n) is 7.85. The predicted molar refractivity (Wildman–Crippen MR) is 176 cm³/mol. The zero-order valence-electron chi connectivity index (χ0n) is 25.7. The summed E-state index contributed by atoms with van der Waals surface area (Å²) in [4.78, 5) is 22.6. The molecule has 0 fully saturated rings. The van der Waals surface area contributed by atoms with Crippen molar-refractivity contribution in [1.29, 1.82) is 0 Å². The molecule has 0 radical (unpaired) electrons. The van der Waals surface area contributed by atoms with Crippen molar-refractivity contribution >= 4 is 11.8 Å². The summed E-state index contributed by atoms with van der Waals surface area (Å²) in [5.41, 5.74) is 11.8. The molecule has 0 saturated carbocycles. The first-order valence-corrected chi connectivity index (χ1v) is 15.2. The van der Waals surface area contributed by atoms with Gasteiger partial charge in [0.05, 0.1) is 20.3 Å². The van der Waals surface area contributed by atoms with E-state index in [0.29, 0.717) is 49.0 Å². The molecule has 1 aliphatic rings. The highest BCUT2D eigenvalue weighted by Gasteiger charge is 2.53. The molecule has 2 N–H and O–H groups in total. The zero-order valence-corrected chi connectivity index (χ0v) is 25.7. The summed E-state index contributed by atoms with van der Waals surface area (Å²) in [7, 11) is 1.59. The molecule has 0 bridgehead atoms. The van der Waals surface area contributed by atoms with Gasteiger partial charge in [0.25, 0.3) is 5.91 Å². The van der Waals surface area contributed by atoms with Crippen LogP contribution in [0.25, 0.3) is 10.4 Å². The van der Waals surface area contributed by atoms with Crippen molar-refractivity contribution in [1.82, 2.24) is 5.32 Å². The monoisotopic (exact) mass is 619 g/mol. The number of amides is 1. The van der Waals surface area contributed by atoms with Crippen molar-refractivity contribution in [2.75, 3.05) is 26.9 Å². The lowest BCUT2D eigenvalue weighted by Gasteiger charge is -2.31. The molecule has 4 aromatic carbocycles. The van der Waals surface area contributed by atoms with Gasteiger partial charge in [-0.1, -0.05) is 71.8 Å². The van der Waals surface area contributed by atoms with Gasteiger partial charge in [0.1, 0.15) is 11.5 Å². The van der Waals surface area contributed by atoms with Crippen molar-refractivity contribution in [2.45, 2.75) is 37.5 Å². The molecular formula is C36H37N5O5. The molecule has 10 heteroatoms. The zero-order chi connectivity index (χ0) is 32.2. The molecule has 0 spiro atoms. The average Bonchev–Trinajstić information content (AvgIpc) is 3.49. The van der Waals surface area contributed by atoms with Gasteiger partial charge in [0, 0.05) is 36.5 Å². The molecule has 5 rings (SSSR count). The van der Waals surface area contributed by atoms with Crippen LogP contribution in [-0.4, -0.2) is 49.3 Å². The number of azide groups is 1. The lowest BCUT2D eigenvalue weighted by atomic mass is 9.80. The molecular weight excluding hydrogens is 582 g/mol. The summed E-state index contributed by atoms with van der Waals surface area (Å²) in [5.74, 6) is 1.31. The maximum absolute atomic E-state index is 14.6. The highest BCUT2D eigenvalue weighted by molar-refractivity contribution is 6.01. The minimum absolute atomic E-state index is 0.0515. The van der Waals surface area contributed by atoms with E-state index in [-0.39, 0.29) is 25.5 Å². The number of nitrogens with one attached hydrogen (secondary N) is 1. The molecule has 1 amide bonds. The standard InChI is InChI=1S/C36H37N5O5/c1-44-32-14-7-13-28(23-32)33-36(24-29-11-5-6-12-30(29)25-39-41-37,35(43)38-20-19-26-9-3-2-4-10-26)40-34(46-33)27-15-17-31(18-16-27)45-22-8-21-42/h2-7,9-18,23,33,42H,8,19-22,24-25H2,1H3,(H,38,43)/t33-,36-/m1/s1. The largest absolute Gasteiger partial charge is 0.497 e. The van der Waals surface area contributed by atoms with Crippen LogP contribution in [0.5, 0.6) is 11.5 Å². The molecule has 2 atom stereocenters. The van der Waals surface area contributed by atoms with Crippen LogP contribution in [0.3, 0.4) is 0 Å². The Kier molecular flexibility index (Phi) is 10.9. The minimum atomic E-state index is -1.42. The smallest absolute Gasteiger partial charge is 0.252 e. The Morgan fingerprint density at radius 2 is 1.76 bits per heavy atom. The Hall–Kier alpha value is -5.31. The first-order chi connectivity index (χ1) is 22.6. The summed E-state index contributed by atoms with van der Waals surface area (Å²) >= 11 is 0. The Morgan fingerprint density at radius 3 is 2.50 bits per heavy atom. The molecule has 46 heavy (non-hydrogen) atoms. The maximum Gasteiger partial charge on any atom is 0.252 e. The Labute approximate surface area is 268 Å². The summed E-state index contributed by atoms with van der Waals surface area (Å²) < 4.78 is 17.9. The number of hydrogen-bond donors (Lipinski definition) is 2. The SMILES string of the molecule is COc1cccc([C@H]2OC(c3ccc(OCCCO)cc3)=N[C@@]2(Cc2ccccc2CN=[N+]=[N-])C(=O)NCCc2ccccc2)c1. The number of carbonyl (C=O) groups excluding carboxylic acids is 1. The average molecular weight is 620 g/mol. The van der Waals surface area contributed by atoms with Crippen molar-refractivity contribution in [3.8, 4) is 11.5 Å².